The van der Waals surface area contributed by atoms with Crippen molar-refractivity contribution in [1.82, 2.24) is 19.1 Å². The first-order chi connectivity index (χ1) is 20.0. The number of hydrogen-bond donors (Lipinski definition) is 4. The number of rotatable bonds is 4. The molecule has 40 heavy (non-hydrogen) atoms. The van der Waals surface area contributed by atoms with Crippen LogP contribution in [0.5, 0.6) is 0 Å². The van der Waals surface area contributed by atoms with Crippen LogP contribution < -0.4 is 52.1 Å². The SMILES string of the molecule is [2H]OC([2H])([2H])[2H].[2H][C@]1(C=O)O[C@@H](n2ccc(=O)[nH]c2=O)[C@](C)(F)[C@@H]1C.[2H][C@]1(CO)O[C@@H](n2ccc(=O)[nH]c2=O)[C@](C)(F)[C@@H]1C.[B].[H-].[Na+]. The summed E-state index contributed by atoms with van der Waals surface area (Å²) in [7, 11) is -2.54. The third-order valence-corrected chi connectivity index (χ3v) is 6.56. The molecular weight excluding hydrogens is 548 g/mol. The minimum atomic E-state index is -2.54. The van der Waals surface area contributed by atoms with Gasteiger partial charge in [-0.2, -0.15) is 0 Å². The summed E-state index contributed by atoms with van der Waals surface area (Å²) in [5.74, 6) is -2.02. The molecule has 2 aromatic heterocycles. The van der Waals surface area contributed by atoms with Crippen LogP contribution in [0.4, 0.5) is 8.78 Å². The van der Waals surface area contributed by atoms with Gasteiger partial charge in [0.1, 0.15) is 12.4 Å². The zero-order valence-corrected chi connectivity index (χ0v) is 24.3. The van der Waals surface area contributed by atoms with Gasteiger partial charge in [-0.15, -0.1) is 0 Å². The van der Waals surface area contributed by atoms with Gasteiger partial charge >= 0.3 is 40.9 Å². The van der Waals surface area contributed by atoms with Gasteiger partial charge in [-0.25, -0.2) is 18.4 Å². The third-order valence-electron chi connectivity index (χ3n) is 6.56. The fourth-order valence-electron chi connectivity index (χ4n) is 3.91. The van der Waals surface area contributed by atoms with E-state index in [9.17, 15) is 37.9 Å². The van der Waals surface area contributed by atoms with Crippen molar-refractivity contribution in [3.8, 4) is 0 Å². The summed E-state index contributed by atoms with van der Waals surface area (Å²) in [6.07, 6.45) is -4.34. The predicted octanol–water partition coefficient (Wildman–Crippen LogP) is -3.87. The monoisotopic (exact) mass is 587 g/mol. The summed E-state index contributed by atoms with van der Waals surface area (Å²) in [6.45, 7) is 4.45. The van der Waals surface area contributed by atoms with Gasteiger partial charge in [-0.05, 0) is 13.8 Å². The van der Waals surface area contributed by atoms with Gasteiger partial charge in [-0.3, -0.25) is 28.7 Å². The molecule has 3 radical (unpaired) electrons. The van der Waals surface area contributed by atoms with Gasteiger partial charge in [0.05, 0.1) is 19.5 Å². The number of aliphatic hydroxyl groups is 2. The Labute approximate surface area is 261 Å². The molecule has 0 unspecified atom stereocenters. The van der Waals surface area contributed by atoms with Crippen LogP contribution >= 0.6 is 0 Å². The molecule has 2 aliphatic heterocycles. The van der Waals surface area contributed by atoms with Crippen LogP contribution in [-0.2, 0) is 14.3 Å². The normalized spacial score (nSPS) is 38.5. The Kier molecular flexibility index (Phi) is 10.6. The number of ether oxygens (including phenoxy) is 2. The number of carbonyl (C=O) groups excluding carboxylic acids is 1. The predicted molar refractivity (Wildman–Crippen MR) is 136 cm³/mol. The quantitative estimate of drug-likeness (QED) is 0.205. The van der Waals surface area contributed by atoms with E-state index in [-0.39, 0.29) is 45.7 Å². The van der Waals surface area contributed by atoms with Crippen molar-refractivity contribution in [1.29, 1.82) is 1.43 Å². The van der Waals surface area contributed by atoms with E-state index < -0.39 is 83.9 Å². The number of aromatic nitrogens is 4. The van der Waals surface area contributed by atoms with Gasteiger partial charge in [0, 0.05) is 51.8 Å². The molecule has 8 atom stereocenters. The second-order valence-corrected chi connectivity index (χ2v) is 8.87. The summed E-state index contributed by atoms with van der Waals surface area (Å²) in [6, 6.07) is 2.10. The number of nitrogens with one attached hydrogen (secondary N) is 2. The molecule has 0 aliphatic carbocycles. The average molecular weight is 587 g/mol. The number of nitrogens with zero attached hydrogens (tertiary/aromatic N) is 2. The maximum absolute atomic E-state index is 14.7. The van der Waals surface area contributed by atoms with Gasteiger partial charge in [0.2, 0.25) is 1.43 Å². The number of halogens is 2. The Morgan fingerprint density at radius 1 is 1.05 bits per heavy atom. The van der Waals surface area contributed by atoms with Crippen LogP contribution in [0.2, 0.25) is 0 Å². The topological polar surface area (TPSA) is 186 Å². The van der Waals surface area contributed by atoms with Gasteiger partial charge < -0.3 is 25.9 Å². The van der Waals surface area contributed by atoms with Gasteiger partial charge in [0.25, 0.3) is 11.1 Å². The van der Waals surface area contributed by atoms with Crippen LogP contribution in [-0.4, -0.2) is 82.6 Å². The summed E-state index contributed by atoms with van der Waals surface area (Å²) < 4.78 is 81.1. The minimum absolute atomic E-state index is 0. The molecular formula is C23H33BF2N4NaO9. The van der Waals surface area contributed by atoms with Crippen LogP contribution in [0, 0.1) is 11.8 Å². The van der Waals surface area contributed by atoms with E-state index in [0.717, 1.165) is 40.6 Å². The summed E-state index contributed by atoms with van der Waals surface area (Å²) in [5, 5.41) is 12.4. The third kappa shape index (κ3) is 7.54. The molecule has 217 valence electrons. The van der Waals surface area contributed by atoms with E-state index in [2.05, 4.69) is 5.11 Å². The number of aldehydes is 1. The Hall–Kier alpha value is -2.21. The number of hydrogen-bond acceptors (Lipinski definition) is 9. The van der Waals surface area contributed by atoms with Gasteiger partial charge in [-0.1, -0.05) is 13.8 Å². The van der Waals surface area contributed by atoms with Crippen LogP contribution in [0.25, 0.3) is 0 Å². The second-order valence-electron chi connectivity index (χ2n) is 8.87. The van der Waals surface area contributed by atoms with Crippen LogP contribution in [0.15, 0.2) is 43.7 Å². The Morgan fingerprint density at radius 2 is 1.48 bits per heavy atom. The number of H-pyrrole nitrogens is 2. The minimum Gasteiger partial charge on any atom is -1.00 e. The smallest absolute Gasteiger partial charge is 1.00 e. The second kappa shape index (κ2) is 15.1. The van der Waals surface area contributed by atoms with Crippen LogP contribution in [0.3, 0.4) is 0 Å². The summed E-state index contributed by atoms with van der Waals surface area (Å²) >= 11 is 0. The van der Waals surface area contributed by atoms with Crippen molar-refractivity contribution in [3.63, 3.8) is 0 Å². The van der Waals surface area contributed by atoms with E-state index in [1.54, 1.807) is 0 Å². The van der Waals surface area contributed by atoms with Gasteiger partial charge in [0.15, 0.2) is 23.8 Å². The number of carbonyl (C=O) groups is 1. The van der Waals surface area contributed by atoms with E-state index in [0.29, 0.717) is 0 Å². The first-order valence-corrected chi connectivity index (χ1v) is 11.1. The first-order valence-electron chi connectivity index (χ1n) is 14.0. The van der Waals surface area contributed by atoms with E-state index in [1.165, 1.54) is 20.8 Å². The largest absolute Gasteiger partial charge is 1.00 e. The summed E-state index contributed by atoms with van der Waals surface area (Å²) in [4.78, 5) is 60.1. The molecule has 2 saturated heterocycles. The van der Waals surface area contributed by atoms with Crippen molar-refractivity contribution in [2.24, 2.45) is 11.8 Å². The first kappa shape index (κ1) is 27.9. The molecule has 2 aromatic rings. The van der Waals surface area contributed by atoms with E-state index >= 15 is 0 Å². The molecule has 0 amide bonds. The molecule has 17 heteroatoms. The van der Waals surface area contributed by atoms with Crippen molar-refractivity contribution in [3.05, 3.63) is 66.2 Å². The molecule has 2 fully saturated rings. The average Bonchev–Trinajstić information content (AvgIpc) is 3.23. The van der Waals surface area contributed by atoms with E-state index in [1.807, 2.05) is 9.97 Å². The molecule has 4 heterocycles. The standard InChI is InChI=1S/C11H15FN2O4.C11H13FN2O4.CH4O.B.Na.H/c2*1-6-7(5-15)18-9(11(6,2)12)14-4-3-8(16)13-10(14)17;1-2;;;/h3-4,6-7,9,15H,5H2,1-2H3,(H,13,16,17);3-7,9H,1-2H3,(H,13,16,17);2H,1H3;;;/q;;;;+1;-1/t2*6-,7-,9-,11-;;;;/m11..../s1/i2*7D;1D3,2D;;;. The number of aliphatic hydroxyl groups excluding tert-OH is 1. The fourth-order valence-corrected chi connectivity index (χ4v) is 3.91. The molecule has 0 aromatic carbocycles. The molecule has 4 N–H and O–H groups in total. The fraction of sp³-hybridized carbons (Fsp3) is 0.609. The molecule has 4 rings (SSSR count). The molecule has 0 spiro atoms. The van der Waals surface area contributed by atoms with E-state index in [4.69, 9.17) is 17.8 Å². The molecule has 0 bridgehead atoms. The zero-order chi connectivity index (χ0) is 34.1. The van der Waals surface area contributed by atoms with Crippen molar-refractivity contribution in [2.75, 3.05) is 13.6 Å². The Morgan fingerprint density at radius 3 is 1.80 bits per heavy atom. The number of aromatic amines is 2. The van der Waals surface area contributed by atoms with Crippen molar-refractivity contribution >= 4 is 14.7 Å². The molecule has 13 nitrogen and oxygen atoms in total. The zero-order valence-electron chi connectivity index (χ0n) is 29.3. The van der Waals surface area contributed by atoms with Crippen molar-refractivity contribution in [2.45, 2.75) is 63.6 Å². The Bertz CT molecular complexity index is 1580. The van der Waals surface area contributed by atoms with Crippen LogP contribution in [0.1, 0.15) is 48.4 Å². The molecule has 2 aliphatic rings. The maximum atomic E-state index is 14.7. The summed E-state index contributed by atoms with van der Waals surface area (Å²) in [5.41, 5.74) is -7.05. The Balaban J connectivity index is 0. The molecule has 0 saturated carbocycles. The van der Waals surface area contributed by atoms with Crippen molar-refractivity contribution < 1.29 is 71.1 Å². The number of alkyl halides is 2. The maximum Gasteiger partial charge on any atom is 1.00 e.